The molecule has 6 heteroatoms. The van der Waals surface area contributed by atoms with E-state index in [9.17, 15) is 13.2 Å². The van der Waals surface area contributed by atoms with Gasteiger partial charge in [0, 0.05) is 11.6 Å². The molecule has 3 nitrogen and oxygen atoms in total. The lowest BCUT2D eigenvalue weighted by molar-refractivity contribution is -0.181. The van der Waals surface area contributed by atoms with Gasteiger partial charge < -0.3 is 15.0 Å². The van der Waals surface area contributed by atoms with Crippen LogP contribution in [0.5, 0.6) is 0 Å². The third kappa shape index (κ3) is 3.48. The number of alkyl halides is 3. The van der Waals surface area contributed by atoms with Gasteiger partial charge in [-0.05, 0) is 24.6 Å². The van der Waals surface area contributed by atoms with Gasteiger partial charge in [0.1, 0.15) is 13.3 Å². The van der Waals surface area contributed by atoms with Crippen molar-refractivity contribution >= 4 is 10.9 Å². The summed E-state index contributed by atoms with van der Waals surface area (Å²) < 4.78 is 42.5. The molecule has 0 unspecified atom stereocenters. The molecule has 0 atom stereocenters. The van der Waals surface area contributed by atoms with Crippen LogP contribution in [0.2, 0.25) is 0 Å². The van der Waals surface area contributed by atoms with Crippen molar-refractivity contribution < 1.29 is 17.9 Å². The van der Waals surface area contributed by atoms with Gasteiger partial charge in [-0.25, -0.2) is 0 Å². The van der Waals surface area contributed by atoms with Gasteiger partial charge in [0.2, 0.25) is 0 Å². The number of halogens is 3. The van der Waals surface area contributed by atoms with Crippen LogP contribution in [0, 0.1) is 0 Å². The minimum Gasteiger partial charge on any atom is -0.351 e. The van der Waals surface area contributed by atoms with Crippen LogP contribution in [0.15, 0.2) is 30.5 Å². The number of aromatic nitrogens is 1. The quantitative estimate of drug-likeness (QED) is 0.909. The normalized spacial score (nSPS) is 12.2. The summed E-state index contributed by atoms with van der Waals surface area (Å²) in [6.07, 6.45) is -1.82. The predicted molar refractivity (Wildman–Crippen MR) is 66.7 cm³/mol. The second kappa shape index (κ2) is 5.63. The first kappa shape index (κ1) is 13.9. The fraction of sp³-hybridized carbons (Fsp3) is 0.385. The van der Waals surface area contributed by atoms with Gasteiger partial charge >= 0.3 is 6.18 Å². The van der Waals surface area contributed by atoms with E-state index in [-0.39, 0.29) is 6.73 Å². The number of fused-ring (bicyclic) bond motifs is 1. The topological polar surface area (TPSA) is 40.2 Å². The van der Waals surface area contributed by atoms with E-state index < -0.39 is 12.8 Å². The lowest BCUT2D eigenvalue weighted by atomic mass is 10.1. The van der Waals surface area contributed by atoms with E-state index in [1.165, 1.54) is 0 Å². The summed E-state index contributed by atoms with van der Waals surface area (Å²) >= 11 is 0. The summed E-state index contributed by atoms with van der Waals surface area (Å²) in [7, 11) is 0. The maximum absolute atomic E-state index is 12.0. The van der Waals surface area contributed by atoms with Gasteiger partial charge in [0.05, 0.1) is 5.52 Å². The summed E-state index contributed by atoms with van der Waals surface area (Å²) in [4.78, 5) is 0. The summed E-state index contributed by atoms with van der Waals surface area (Å²) in [5, 5.41) is 1.00. The minimum atomic E-state index is -4.30. The molecule has 2 aromatic rings. The molecule has 0 aliphatic heterocycles. The van der Waals surface area contributed by atoms with Gasteiger partial charge in [-0.15, -0.1) is 0 Å². The molecule has 1 aromatic heterocycles. The maximum atomic E-state index is 12.0. The van der Waals surface area contributed by atoms with Crippen molar-refractivity contribution in [3.63, 3.8) is 0 Å². The monoisotopic (exact) mass is 272 g/mol. The molecular formula is C13H15F3N2O. The first-order valence-electron chi connectivity index (χ1n) is 5.92. The molecule has 0 bridgehead atoms. The molecule has 0 saturated heterocycles. The molecule has 0 saturated carbocycles. The molecule has 0 aliphatic carbocycles. The van der Waals surface area contributed by atoms with Crippen molar-refractivity contribution in [3.8, 4) is 0 Å². The lowest BCUT2D eigenvalue weighted by Gasteiger charge is -2.09. The highest BCUT2D eigenvalue weighted by Gasteiger charge is 2.27. The Morgan fingerprint density at radius 1 is 1.21 bits per heavy atom. The van der Waals surface area contributed by atoms with E-state index in [1.807, 2.05) is 24.3 Å². The summed E-state index contributed by atoms with van der Waals surface area (Å²) in [5.41, 5.74) is 7.41. The lowest BCUT2D eigenvalue weighted by Crippen LogP contribution is -2.18. The number of nitrogens with zero attached hydrogens (tertiary/aromatic N) is 1. The van der Waals surface area contributed by atoms with Crippen molar-refractivity contribution in [2.75, 3.05) is 13.2 Å². The zero-order valence-electron chi connectivity index (χ0n) is 10.3. The largest absolute Gasteiger partial charge is 0.411 e. The number of nitrogens with two attached hydrogens (primary N) is 1. The van der Waals surface area contributed by atoms with Crippen molar-refractivity contribution in [3.05, 3.63) is 36.0 Å². The minimum absolute atomic E-state index is 0.120. The first-order chi connectivity index (χ1) is 9.01. The number of hydrogen-bond donors (Lipinski definition) is 1. The summed E-state index contributed by atoms with van der Waals surface area (Å²) in [6.45, 7) is -0.867. The molecule has 0 aliphatic rings. The van der Waals surface area contributed by atoms with Crippen LogP contribution in [0.3, 0.4) is 0 Å². The Kier molecular flexibility index (Phi) is 4.11. The van der Waals surface area contributed by atoms with Crippen molar-refractivity contribution in [1.82, 2.24) is 4.57 Å². The summed E-state index contributed by atoms with van der Waals surface area (Å²) in [6, 6.07) is 7.52. The average Bonchev–Trinajstić information content (AvgIpc) is 2.68. The Morgan fingerprint density at radius 2 is 1.95 bits per heavy atom. The van der Waals surface area contributed by atoms with Crippen LogP contribution in [-0.4, -0.2) is 23.9 Å². The van der Waals surface area contributed by atoms with Gasteiger partial charge in [0.25, 0.3) is 0 Å². The van der Waals surface area contributed by atoms with Crippen molar-refractivity contribution in [2.24, 2.45) is 5.73 Å². The van der Waals surface area contributed by atoms with Crippen LogP contribution < -0.4 is 5.73 Å². The van der Waals surface area contributed by atoms with Crippen LogP contribution in [0.4, 0.5) is 13.2 Å². The Bertz CT molecular complexity index is 548. The molecule has 1 aromatic carbocycles. The number of rotatable bonds is 5. The second-order valence-corrected chi connectivity index (χ2v) is 4.27. The molecule has 104 valence electrons. The number of para-hydroxylation sites is 1. The van der Waals surface area contributed by atoms with Crippen LogP contribution in [-0.2, 0) is 17.9 Å². The molecule has 0 fully saturated rings. The Balaban J connectivity index is 2.18. The molecule has 2 rings (SSSR count). The second-order valence-electron chi connectivity index (χ2n) is 4.27. The van der Waals surface area contributed by atoms with E-state index in [1.54, 1.807) is 10.8 Å². The zero-order chi connectivity index (χ0) is 13.9. The molecule has 19 heavy (non-hydrogen) atoms. The number of ether oxygens (including phenoxy) is 1. The molecule has 2 N–H and O–H groups in total. The Morgan fingerprint density at radius 3 is 2.63 bits per heavy atom. The van der Waals surface area contributed by atoms with Gasteiger partial charge in [-0.3, -0.25) is 0 Å². The fourth-order valence-corrected chi connectivity index (χ4v) is 2.04. The highest BCUT2D eigenvalue weighted by atomic mass is 19.4. The Labute approximate surface area is 108 Å². The SMILES string of the molecule is NCCc1cn(COCC(F)(F)F)c2ccccc12. The van der Waals surface area contributed by atoms with E-state index >= 15 is 0 Å². The van der Waals surface area contributed by atoms with Gasteiger partial charge in [-0.2, -0.15) is 13.2 Å². The van der Waals surface area contributed by atoms with Crippen LogP contribution in [0.25, 0.3) is 10.9 Å². The first-order valence-corrected chi connectivity index (χ1v) is 5.92. The van der Waals surface area contributed by atoms with E-state index in [4.69, 9.17) is 10.5 Å². The standard InChI is InChI=1S/C13H15F3N2O/c14-13(15,16)8-19-9-18-7-10(5-6-17)11-3-1-2-4-12(11)18/h1-4,7H,5-6,8-9,17H2. The van der Waals surface area contributed by atoms with E-state index in [0.717, 1.165) is 16.5 Å². The van der Waals surface area contributed by atoms with E-state index in [2.05, 4.69) is 0 Å². The van der Waals surface area contributed by atoms with Crippen LogP contribution in [0.1, 0.15) is 5.56 Å². The van der Waals surface area contributed by atoms with Gasteiger partial charge in [-0.1, -0.05) is 18.2 Å². The number of benzene rings is 1. The van der Waals surface area contributed by atoms with E-state index in [0.29, 0.717) is 13.0 Å². The average molecular weight is 272 g/mol. The van der Waals surface area contributed by atoms with Crippen molar-refractivity contribution in [1.29, 1.82) is 0 Å². The predicted octanol–water partition coefficient (Wildman–Crippen LogP) is 2.68. The smallest absolute Gasteiger partial charge is 0.351 e. The Hall–Kier alpha value is -1.53. The molecule has 0 spiro atoms. The van der Waals surface area contributed by atoms with Crippen LogP contribution >= 0.6 is 0 Å². The number of hydrogen-bond acceptors (Lipinski definition) is 2. The third-order valence-electron chi connectivity index (χ3n) is 2.78. The molecular weight excluding hydrogens is 257 g/mol. The third-order valence-corrected chi connectivity index (χ3v) is 2.78. The zero-order valence-corrected chi connectivity index (χ0v) is 10.3. The molecule has 1 heterocycles. The van der Waals surface area contributed by atoms with Gasteiger partial charge in [0.15, 0.2) is 0 Å². The fourth-order valence-electron chi connectivity index (χ4n) is 2.04. The maximum Gasteiger partial charge on any atom is 0.411 e. The summed E-state index contributed by atoms with van der Waals surface area (Å²) in [5.74, 6) is 0. The van der Waals surface area contributed by atoms with Crippen molar-refractivity contribution in [2.45, 2.75) is 19.3 Å². The molecule has 0 radical (unpaired) electrons. The highest BCUT2D eigenvalue weighted by molar-refractivity contribution is 5.83. The molecule has 0 amide bonds. The highest BCUT2D eigenvalue weighted by Crippen LogP contribution is 2.22.